The number of benzene rings is 1. The summed E-state index contributed by atoms with van der Waals surface area (Å²) < 4.78 is 60.9. The topological polar surface area (TPSA) is 77.0 Å². The van der Waals surface area contributed by atoms with Crippen molar-refractivity contribution in [2.24, 2.45) is 0 Å². The summed E-state index contributed by atoms with van der Waals surface area (Å²) in [5, 5.41) is 2.70. The van der Waals surface area contributed by atoms with E-state index in [0.29, 0.717) is 5.69 Å². The van der Waals surface area contributed by atoms with Gasteiger partial charge in [-0.15, -0.1) is 0 Å². The van der Waals surface area contributed by atoms with Crippen LogP contribution in [0.2, 0.25) is 0 Å². The maximum atomic E-state index is 14.6. The third-order valence-electron chi connectivity index (χ3n) is 5.61. The smallest absolute Gasteiger partial charge is 0.316 e. The number of methoxy groups -OCH3 is 1. The Labute approximate surface area is 208 Å². The number of alkyl halides is 2. The minimum atomic E-state index is -2.76. The van der Waals surface area contributed by atoms with Gasteiger partial charge in [0.2, 0.25) is 5.92 Å². The number of rotatable bonds is 5. The Kier molecular flexibility index (Phi) is 9.89. The van der Waals surface area contributed by atoms with Gasteiger partial charge in [-0.3, -0.25) is 9.78 Å². The van der Waals surface area contributed by atoms with Gasteiger partial charge in [0, 0.05) is 48.5 Å². The van der Waals surface area contributed by atoms with Gasteiger partial charge in [-0.25, -0.2) is 27.5 Å². The molecule has 10 heteroatoms. The number of anilines is 1. The molecule has 1 aromatic carbocycles. The second kappa shape index (κ2) is 12.4. The first-order valence-corrected chi connectivity index (χ1v) is 11.3. The molecule has 36 heavy (non-hydrogen) atoms. The molecule has 0 spiro atoms. The van der Waals surface area contributed by atoms with Crippen molar-refractivity contribution in [2.75, 3.05) is 12.4 Å². The zero-order valence-electron chi connectivity index (χ0n) is 19.6. The van der Waals surface area contributed by atoms with Crippen molar-refractivity contribution < 1.29 is 27.1 Å². The Balaban J connectivity index is 0.00000148. The van der Waals surface area contributed by atoms with E-state index in [0.717, 1.165) is 18.2 Å². The van der Waals surface area contributed by atoms with Crippen LogP contribution >= 0.6 is 0 Å². The fraction of sp³-hybridized carbons (Fsp3) is 0.385. The number of hydrogen-bond donors (Lipinski definition) is 1. The summed E-state index contributed by atoms with van der Waals surface area (Å²) in [6.07, 6.45) is 3.54. The molecule has 1 N–H and O–H groups in total. The Morgan fingerprint density at radius 3 is 2.28 bits per heavy atom. The van der Waals surface area contributed by atoms with Crippen LogP contribution in [0.15, 0.2) is 42.9 Å². The van der Waals surface area contributed by atoms with E-state index in [9.17, 15) is 22.4 Å². The molecular weight excluding hydrogens is 476 g/mol. The predicted octanol–water partition coefficient (Wildman–Crippen LogP) is 7.03. The van der Waals surface area contributed by atoms with E-state index < -0.39 is 23.5 Å². The lowest BCUT2D eigenvalue weighted by Gasteiger charge is -2.29. The average molecular weight is 507 g/mol. The first-order chi connectivity index (χ1) is 16.8. The largest absolute Gasteiger partial charge is 0.467 e. The van der Waals surface area contributed by atoms with Crippen LogP contribution in [0.25, 0.3) is 11.1 Å². The molecule has 0 atom stereocenters. The Hall–Kier alpha value is -3.56. The van der Waals surface area contributed by atoms with Gasteiger partial charge in [0.25, 0.3) is 5.91 Å². The van der Waals surface area contributed by atoms with E-state index in [-0.39, 0.29) is 67.4 Å². The number of ether oxygens (including phenoxy) is 1. The van der Waals surface area contributed by atoms with Gasteiger partial charge in [-0.2, -0.15) is 0 Å². The molecule has 1 aliphatic rings. The number of carbonyl (C=O) groups excluding carboxylic acids is 1. The molecule has 1 fully saturated rings. The average Bonchev–Trinajstić information content (AvgIpc) is 2.87. The fourth-order valence-electron chi connectivity index (χ4n) is 3.89. The van der Waals surface area contributed by atoms with E-state index in [4.69, 9.17) is 4.74 Å². The number of nitrogens with one attached hydrogen (secondary N) is 1. The highest BCUT2D eigenvalue weighted by Crippen LogP contribution is 2.44. The molecule has 3 aromatic rings. The van der Waals surface area contributed by atoms with Crippen molar-refractivity contribution in [1.29, 1.82) is 0 Å². The molecule has 1 aliphatic carbocycles. The second-order valence-corrected chi connectivity index (χ2v) is 7.79. The molecular formula is C26H30F4N4O2. The monoisotopic (exact) mass is 506 g/mol. The van der Waals surface area contributed by atoms with Crippen LogP contribution in [0, 0.1) is 11.6 Å². The number of amides is 1. The lowest BCUT2D eigenvalue weighted by molar-refractivity contribution is -0.0384. The molecule has 0 aliphatic heterocycles. The second-order valence-electron chi connectivity index (χ2n) is 7.79. The number of carbonyl (C=O) groups is 1. The highest BCUT2D eigenvalue weighted by Gasteiger charge is 2.37. The quantitative estimate of drug-likeness (QED) is 0.376. The fourth-order valence-corrected chi connectivity index (χ4v) is 3.89. The van der Waals surface area contributed by atoms with Crippen molar-refractivity contribution in [3.63, 3.8) is 0 Å². The Bertz CT molecular complexity index is 1160. The van der Waals surface area contributed by atoms with Crippen LogP contribution in [-0.4, -0.2) is 33.9 Å². The van der Waals surface area contributed by atoms with E-state index in [1.54, 1.807) is 0 Å². The van der Waals surface area contributed by atoms with Crippen LogP contribution < -0.4 is 10.1 Å². The SMILES string of the molecule is C.CC.COc1ncc(C(=O)Nc2c(-c3cc(F)ccc3F)ccnc2C2CCC(F)(F)CC2)cn1. The van der Waals surface area contributed by atoms with Gasteiger partial charge >= 0.3 is 6.01 Å². The number of nitrogens with zero attached hydrogens (tertiary/aromatic N) is 3. The minimum Gasteiger partial charge on any atom is -0.467 e. The zero-order valence-corrected chi connectivity index (χ0v) is 19.6. The van der Waals surface area contributed by atoms with Crippen molar-refractivity contribution in [3.05, 3.63) is 65.7 Å². The standard InChI is InChI=1S/C23H20F4N4O2.C2H6.CH4/c1-33-22-29-11-14(12-30-22)21(32)31-20-16(17-10-15(24)2-3-18(17)25)6-9-28-19(20)13-4-7-23(26,27)8-5-13;1-2;/h2-3,6,9-13H,4-5,7-8H2,1H3,(H,31,32);1-2H3;1H4. The van der Waals surface area contributed by atoms with Crippen LogP contribution in [0.1, 0.15) is 68.9 Å². The van der Waals surface area contributed by atoms with Gasteiger partial charge in [0.05, 0.1) is 24.1 Å². The summed E-state index contributed by atoms with van der Waals surface area (Å²) in [7, 11) is 1.38. The van der Waals surface area contributed by atoms with E-state index in [2.05, 4.69) is 20.3 Å². The molecule has 2 aromatic heterocycles. The van der Waals surface area contributed by atoms with E-state index in [1.165, 1.54) is 31.8 Å². The number of pyridine rings is 1. The number of aromatic nitrogens is 3. The molecule has 4 rings (SSSR count). The van der Waals surface area contributed by atoms with Crippen LogP contribution in [0.5, 0.6) is 6.01 Å². The first kappa shape index (κ1) is 28.7. The molecule has 0 bridgehead atoms. The summed E-state index contributed by atoms with van der Waals surface area (Å²) >= 11 is 0. The highest BCUT2D eigenvalue weighted by atomic mass is 19.3. The molecule has 1 saturated carbocycles. The van der Waals surface area contributed by atoms with E-state index in [1.807, 2.05) is 13.8 Å². The van der Waals surface area contributed by atoms with Crippen molar-refractivity contribution in [3.8, 4) is 17.1 Å². The van der Waals surface area contributed by atoms with Gasteiger partial charge in [-0.1, -0.05) is 21.3 Å². The normalized spacial score (nSPS) is 14.6. The minimum absolute atomic E-state index is 0. The summed E-state index contributed by atoms with van der Waals surface area (Å²) in [5.74, 6) is -5.13. The predicted molar refractivity (Wildman–Crippen MR) is 130 cm³/mol. The van der Waals surface area contributed by atoms with Gasteiger partial charge in [-0.05, 0) is 37.1 Å². The third kappa shape index (κ3) is 6.56. The van der Waals surface area contributed by atoms with Crippen molar-refractivity contribution in [1.82, 2.24) is 15.0 Å². The van der Waals surface area contributed by atoms with Gasteiger partial charge in [0.1, 0.15) is 11.6 Å². The Morgan fingerprint density at radius 1 is 1.03 bits per heavy atom. The first-order valence-electron chi connectivity index (χ1n) is 11.3. The van der Waals surface area contributed by atoms with Gasteiger partial charge in [0.15, 0.2) is 0 Å². The van der Waals surface area contributed by atoms with Crippen LogP contribution in [0.4, 0.5) is 23.2 Å². The molecule has 1 amide bonds. The van der Waals surface area contributed by atoms with E-state index >= 15 is 0 Å². The molecule has 0 radical (unpaired) electrons. The van der Waals surface area contributed by atoms with Crippen molar-refractivity contribution >= 4 is 11.6 Å². The summed E-state index contributed by atoms with van der Waals surface area (Å²) in [6.45, 7) is 4.00. The Morgan fingerprint density at radius 2 is 1.67 bits per heavy atom. The summed E-state index contributed by atoms with van der Waals surface area (Å²) in [6, 6.07) is 4.49. The maximum absolute atomic E-state index is 14.6. The number of halogens is 4. The molecule has 2 heterocycles. The zero-order chi connectivity index (χ0) is 25.6. The van der Waals surface area contributed by atoms with Crippen molar-refractivity contribution in [2.45, 2.75) is 58.8 Å². The molecule has 194 valence electrons. The third-order valence-corrected chi connectivity index (χ3v) is 5.61. The summed E-state index contributed by atoms with van der Waals surface area (Å²) in [5.41, 5.74) is 0.678. The number of hydrogen-bond acceptors (Lipinski definition) is 5. The lowest BCUT2D eigenvalue weighted by Crippen LogP contribution is -2.25. The molecule has 0 unspecified atom stereocenters. The van der Waals surface area contributed by atoms with Crippen LogP contribution in [0.3, 0.4) is 0 Å². The lowest BCUT2D eigenvalue weighted by atomic mass is 9.83. The van der Waals surface area contributed by atoms with Crippen LogP contribution in [-0.2, 0) is 0 Å². The summed E-state index contributed by atoms with van der Waals surface area (Å²) in [4.78, 5) is 25.1. The van der Waals surface area contributed by atoms with Gasteiger partial charge < -0.3 is 10.1 Å². The highest BCUT2D eigenvalue weighted by molar-refractivity contribution is 6.06. The molecule has 0 saturated heterocycles. The molecule has 6 nitrogen and oxygen atoms in total. The maximum Gasteiger partial charge on any atom is 0.316 e.